The van der Waals surface area contributed by atoms with Crippen molar-refractivity contribution in [3.05, 3.63) is 64.7 Å². The van der Waals surface area contributed by atoms with E-state index in [9.17, 15) is 14.7 Å². The molecule has 33 heavy (non-hydrogen) atoms. The number of aliphatic hydroxyl groups excluding tert-OH is 1. The van der Waals surface area contributed by atoms with E-state index in [1.807, 2.05) is 31.2 Å². The number of nitrogens with zero attached hydrogens (tertiary/aromatic N) is 2. The Morgan fingerprint density at radius 1 is 1.00 bits per heavy atom. The molecule has 1 aliphatic rings. The average Bonchev–Trinajstić information content (AvgIpc) is 3.09. The summed E-state index contributed by atoms with van der Waals surface area (Å²) in [6, 6.07) is 11.9. The quantitative estimate of drug-likeness (QED) is 0.354. The number of carbonyl (C=O) groups excluding carboxylic acids is 2. The molecule has 1 saturated heterocycles. The number of likely N-dealkylation sites (N-methyl/N-ethyl adjacent to an activating group) is 1. The summed E-state index contributed by atoms with van der Waals surface area (Å²) in [6.45, 7) is 8.82. The lowest BCUT2D eigenvalue weighted by Crippen LogP contribution is -2.38. The summed E-state index contributed by atoms with van der Waals surface area (Å²) in [4.78, 5) is 30.0. The van der Waals surface area contributed by atoms with Gasteiger partial charge in [0.15, 0.2) is 11.5 Å². The second kappa shape index (κ2) is 10.5. The number of aliphatic hydroxyl groups is 1. The minimum absolute atomic E-state index is 0.0793. The average molecular weight is 453 g/mol. The van der Waals surface area contributed by atoms with Gasteiger partial charge in [-0.1, -0.05) is 43.7 Å². The Labute approximate surface area is 195 Å². The fourth-order valence-electron chi connectivity index (χ4n) is 4.13. The first-order chi connectivity index (χ1) is 15.9. The number of likely N-dealkylation sites (tertiary alicyclic amines) is 1. The molecule has 0 spiro atoms. The molecule has 0 bridgehead atoms. The zero-order chi connectivity index (χ0) is 24.1. The van der Waals surface area contributed by atoms with E-state index in [0.29, 0.717) is 30.2 Å². The number of ether oxygens (including phenoxy) is 2. The van der Waals surface area contributed by atoms with Gasteiger partial charge in [-0.2, -0.15) is 0 Å². The third-order valence-corrected chi connectivity index (χ3v) is 6.14. The van der Waals surface area contributed by atoms with Crippen LogP contribution in [-0.2, 0) is 9.59 Å². The fourth-order valence-corrected chi connectivity index (χ4v) is 4.13. The highest BCUT2D eigenvalue weighted by Crippen LogP contribution is 2.40. The zero-order valence-corrected chi connectivity index (χ0v) is 19.9. The number of carbonyl (C=O) groups is 2. The van der Waals surface area contributed by atoms with Crippen LogP contribution >= 0.6 is 0 Å². The Morgan fingerprint density at radius 3 is 2.21 bits per heavy atom. The highest BCUT2D eigenvalue weighted by atomic mass is 16.5. The van der Waals surface area contributed by atoms with E-state index in [1.54, 1.807) is 23.1 Å². The summed E-state index contributed by atoms with van der Waals surface area (Å²) in [5, 5.41) is 11.2. The van der Waals surface area contributed by atoms with Gasteiger partial charge < -0.3 is 24.4 Å². The lowest BCUT2D eigenvalue weighted by atomic mass is 9.94. The van der Waals surface area contributed by atoms with Crippen molar-refractivity contribution in [3.8, 4) is 11.5 Å². The van der Waals surface area contributed by atoms with Crippen LogP contribution in [0.2, 0.25) is 0 Å². The van der Waals surface area contributed by atoms with Crippen LogP contribution in [0.15, 0.2) is 48.0 Å². The van der Waals surface area contributed by atoms with Gasteiger partial charge in [0.25, 0.3) is 11.7 Å². The van der Waals surface area contributed by atoms with Gasteiger partial charge in [-0.05, 0) is 43.8 Å². The van der Waals surface area contributed by atoms with Crippen LogP contribution in [0.5, 0.6) is 11.5 Å². The lowest BCUT2D eigenvalue weighted by Gasteiger charge is -2.28. The van der Waals surface area contributed by atoms with E-state index in [4.69, 9.17) is 9.47 Å². The molecule has 1 N–H and O–H groups in total. The maximum absolute atomic E-state index is 13.2. The van der Waals surface area contributed by atoms with E-state index >= 15 is 0 Å². The fraction of sp³-hybridized carbons (Fsp3) is 0.385. The largest absolute Gasteiger partial charge is 0.507 e. The Balaban J connectivity index is 2.12. The molecule has 0 saturated carbocycles. The monoisotopic (exact) mass is 452 g/mol. The van der Waals surface area contributed by atoms with E-state index in [1.165, 1.54) is 14.2 Å². The minimum Gasteiger partial charge on any atom is -0.507 e. The van der Waals surface area contributed by atoms with Crippen LogP contribution in [-0.4, -0.2) is 67.0 Å². The molecule has 1 fully saturated rings. The molecule has 3 rings (SSSR count). The number of hydrogen-bond acceptors (Lipinski definition) is 6. The summed E-state index contributed by atoms with van der Waals surface area (Å²) in [5.74, 6) is -0.597. The number of Topliss-reactive ketones (excluding diaryl/α,β-unsaturated/α-hetero) is 1. The third-order valence-electron chi connectivity index (χ3n) is 6.14. The van der Waals surface area contributed by atoms with Crippen LogP contribution in [0.3, 0.4) is 0 Å². The van der Waals surface area contributed by atoms with Crippen LogP contribution in [0.4, 0.5) is 0 Å². The maximum atomic E-state index is 13.2. The summed E-state index contributed by atoms with van der Waals surface area (Å²) < 4.78 is 10.6. The molecule has 2 aromatic carbocycles. The number of benzene rings is 2. The molecule has 1 aliphatic heterocycles. The molecule has 7 nitrogen and oxygen atoms in total. The van der Waals surface area contributed by atoms with Gasteiger partial charge in [-0.25, -0.2) is 0 Å². The van der Waals surface area contributed by atoms with Gasteiger partial charge in [0, 0.05) is 18.7 Å². The lowest BCUT2D eigenvalue weighted by molar-refractivity contribution is -0.140. The number of rotatable bonds is 9. The minimum atomic E-state index is -0.688. The maximum Gasteiger partial charge on any atom is 0.295 e. The van der Waals surface area contributed by atoms with Crippen molar-refractivity contribution < 1.29 is 24.2 Å². The Hall–Kier alpha value is -3.32. The Kier molecular flexibility index (Phi) is 7.76. The molecule has 0 radical (unpaired) electrons. The number of amides is 1. The van der Waals surface area contributed by atoms with Crippen molar-refractivity contribution in [2.75, 3.05) is 40.4 Å². The number of hydrogen-bond donors (Lipinski definition) is 1. The van der Waals surface area contributed by atoms with Crippen molar-refractivity contribution in [1.29, 1.82) is 0 Å². The van der Waals surface area contributed by atoms with E-state index in [0.717, 1.165) is 24.2 Å². The highest BCUT2D eigenvalue weighted by Gasteiger charge is 2.46. The second-order valence-electron chi connectivity index (χ2n) is 8.00. The van der Waals surface area contributed by atoms with Crippen LogP contribution in [0.25, 0.3) is 5.76 Å². The smallest absolute Gasteiger partial charge is 0.295 e. The zero-order valence-electron chi connectivity index (χ0n) is 19.9. The molecule has 2 aromatic rings. The molecule has 0 aliphatic carbocycles. The second-order valence-corrected chi connectivity index (χ2v) is 8.00. The molecule has 176 valence electrons. The Bertz CT molecular complexity index is 1040. The van der Waals surface area contributed by atoms with Crippen molar-refractivity contribution in [1.82, 2.24) is 9.80 Å². The van der Waals surface area contributed by atoms with Gasteiger partial charge in [-0.3, -0.25) is 9.59 Å². The van der Waals surface area contributed by atoms with Gasteiger partial charge in [0.05, 0.1) is 25.8 Å². The van der Waals surface area contributed by atoms with Crippen LogP contribution < -0.4 is 9.47 Å². The third kappa shape index (κ3) is 4.88. The van der Waals surface area contributed by atoms with Crippen LogP contribution in [0, 0.1) is 6.92 Å². The molecule has 1 heterocycles. The topological polar surface area (TPSA) is 79.3 Å². The molecular formula is C26H32N2O5. The highest BCUT2D eigenvalue weighted by molar-refractivity contribution is 6.46. The molecular weight excluding hydrogens is 420 g/mol. The van der Waals surface area contributed by atoms with E-state index in [-0.39, 0.29) is 11.3 Å². The van der Waals surface area contributed by atoms with Crippen molar-refractivity contribution in [2.24, 2.45) is 0 Å². The first kappa shape index (κ1) is 24.3. The summed E-state index contributed by atoms with van der Waals surface area (Å²) >= 11 is 0. The predicted octanol–water partition coefficient (Wildman–Crippen LogP) is 3.78. The van der Waals surface area contributed by atoms with Gasteiger partial charge in [-0.15, -0.1) is 0 Å². The van der Waals surface area contributed by atoms with Crippen molar-refractivity contribution in [2.45, 2.75) is 26.8 Å². The molecule has 0 unspecified atom stereocenters. The normalized spacial score (nSPS) is 17.6. The van der Waals surface area contributed by atoms with Crippen LogP contribution in [0.1, 0.15) is 36.6 Å². The molecule has 7 heteroatoms. The first-order valence-electron chi connectivity index (χ1n) is 11.2. The van der Waals surface area contributed by atoms with E-state index < -0.39 is 17.7 Å². The Morgan fingerprint density at radius 2 is 1.64 bits per heavy atom. The summed E-state index contributed by atoms with van der Waals surface area (Å²) in [7, 11) is 3.02. The molecule has 1 atom stereocenters. The predicted molar refractivity (Wildman–Crippen MR) is 128 cm³/mol. The summed E-state index contributed by atoms with van der Waals surface area (Å²) in [5.41, 5.74) is 2.31. The SMILES string of the molecule is CCN(CC)CCN1C(=O)C(=O)C(=C(O)c2ccc(OC)c(OC)c2)[C@H]1c1ccc(C)cc1. The van der Waals surface area contributed by atoms with Crippen molar-refractivity contribution >= 4 is 17.4 Å². The molecule has 0 aromatic heterocycles. The summed E-state index contributed by atoms with van der Waals surface area (Å²) in [6.07, 6.45) is 0. The number of methoxy groups -OCH3 is 2. The number of aryl methyl sites for hydroxylation is 1. The standard InChI is InChI=1S/C26H32N2O5/c1-6-27(7-2)14-15-28-23(18-10-8-17(3)9-11-18)22(25(30)26(28)31)24(29)19-12-13-20(32-4)21(16-19)33-5/h8-13,16,23,29H,6-7,14-15H2,1-5H3/t23-/m1/s1. The van der Waals surface area contributed by atoms with Gasteiger partial charge in [0.2, 0.25) is 0 Å². The van der Waals surface area contributed by atoms with Gasteiger partial charge >= 0.3 is 0 Å². The van der Waals surface area contributed by atoms with E-state index in [2.05, 4.69) is 18.7 Å². The first-order valence-corrected chi connectivity index (χ1v) is 11.2. The molecule has 1 amide bonds. The van der Waals surface area contributed by atoms with Crippen molar-refractivity contribution in [3.63, 3.8) is 0 Å². The number of ketones is 1. The van der Waals surface area contributed by atoms with Gasteiger partial charge in [0.1, 0.15) is 5.76 Å².